The van der Waals surface area contributed by atoms with Crippen LogP contribution in [0.4, 0.5) is 0 Å². The zero-order valence-corrected chi connectivity index (χ0v) is 19.1. The van der Waals surface area contributed by atoms with Crippen molar-refractivity contribution in [2.45, 2.75) is 32.8 Å². The Labute approximate surface area is 190 Å². The molecule has 4 atom stereocenters. The molecule has 0 aromatic carbocycles. The molecule has 0 amide bonds. The maximum absolute atomic E-state index is 12.5. The van der Waals surface area contributed by atoms with Gasteiger partial charge in [0.25, 0.3) is 0 Å². The van der Waals surface area contributed by atoms with E-state index in [4.69, 9.17) is 9.47 Å². The smallest absolute Gasteiger partial charge is 0.726 e. The van der Waals surface area contributed by atoms with Gasteiger partial charge in [0.2, 0.25) is 10.4 Å². The molecule has 0 saturated carbocycles. The molecular weight excluding hydrogens is 415 g/mol. The first-order valence-corrected chi connectivity index (χ1v) is 10.00. The van der Waals surface area contributed by atoms with Crippen LogP contribution < -0.4 is 29.6 Å². The van der Waals surface area contributed by atoms with Gasteiger partial charge in [0.15, 0.2) is 5.78 Å². The Bertz CT molecular complexity index is 931. The number of rotatable bonds is 5. The topological polar surface area (TPSA) is 136 Å². The maximum atomic E-state index is 12.5. The molecule has 29 heavy (non-hydrogen) atoms. The van der Waals surface area contributed by atoms with Gasteiger partial charge in [-0.25, -0.2) is 13.2 Å². The number of allylic oxidation sites excluding steroid dienone is 2. The maximum Gasteiger partial charge on any atom is 1.00 e. The van der Waals surface area contributed by atoms with E-state index in [1.54, 1.807) is 6.92 Å². The predicted molar refractivity (Wildman–Crippen MR) is 91.9 cm³/mol. The molecular formula is C18H19NaO9S. The monoisotopic (exact) mass is 434 g/mol. The van der Waals surface area contributed by atoms with Crippen molar-refractivity contribution >= 4 is 28.1 Å². The first kappa shape index (κ1) is 24.0. The Morgan fingerprint density at radius 1 is 1.41 bits per heavy atom. The van der Waals surface area contributed by atoms with E-state index < -0.39 is 46.9 Å². The molecule has 0 aromatic rings. The average molecular weight is 434 g/mol. The fourth-order valence-electron chi connectivity index (χ4n) is 3.73. The summed E-state index contributed by atoms with van der Waals surface area (Å²) < 4.78 is 46.5. The number of hydrogen-bond acceptors (Lipinski definition) is 9. The molecule has 9 nitrogen and oxygen atoms in total. The van der Waals surface area contributed by atoms with Gasteiger partial charge in [0, 0.05) is 23.1 Å². The van der Waals surface area contributed by atoms with Crippen LogP contribution in [0.3, 0.4) is 0 Å². The molecule has 3 aliphatic rings. The fraction of sp³-hybridized carbons (Fsp3) is 0.500. The first-order chi connectivity index (χ1) is 13.0. The summed E-state index contributed by atoms with van der Waals surface area (Å²) in [7, 11) is -4.95. The number of ether oxygens (including phenoxy) is 2. The van der Waals surface area contributed by atoms with Crippen molar-refractivity contribution in [1.29, 1.82) is 0 Å². The van der Waals surface area contributed by atoms with Crippen LogP contribution in [0.25, 0.3) is 0 Å². The van der Waals surface area contributed by atoms with Gasteiger partial charge in [-0.1, -0.05) is 12.2 Å². The molecule has 0 radical (unpaired) electrons. The zero-order valence-electron chi connectivity index (χ0n) is 16.3. The van der Waals surface area contributed by atoms with Crippen molar-refractivity contribution in [3.05, 3.63) is 35.1 Å². The van der Waals surface area contributed by atoms with Crippen LogP contribution in [0.1, 0.15) is 26.7 Å². The summed E-state index contributed by atoms with van der Waals surface area (Å²) in [5, 5.41) is 0. The molecule has 1 fully saturated rings. The number of fused-ring (bicyclic) bond motifs is 3. The molecule has 1 saturated heterocycles. The number of esters is 2. The average Bonchev–Trinajstić information content (AvgIpc) is 3.00. The molecule has 0 bridgehead atoms. The normalized spacial score (nSPS) is 27.3. The number of carbonyl (C=O) groups is 3. The van der Waals surface area contributed by atoms with E-state index in [0.29, 0.717) is 24.0 Å². The second kappa shape index (κ2) is 8.83. The summed E-state index contributed by atoms with van der Waals surface area (Å²) in [5.74, 6) is -3.82. The quantitative estimate of drug-likeness (QED) is 0.157. The van der Waals surface area contributed by atoms with Gasteiger partial charge in [0.1, 0.15) is 11.9 Å². The summed E-state index contributed by atoms with van der Waals surface area (Å²) in [6.45, 7) is 6.21. The van der Waals surface area contributed by atoms with Gasteiger partial charge in [-0.15, -0.1) is 0 Å². The van der Waals surface area contributed by atoms with Crippen LogP contribution in [0.2, 0.25) is 0 Å². The third-order valence-corrected chi connectivity index (χ3v) is 5.63. The Kier molecular flexibility index (Phi) is 7.30. The molecule has 1 aliphatic heterocycles. The van der Waals surface area contributed by atoms with Gasteiger partial charge < -0.3 is 14.0 Å². The standard InChI is InChI=1S/C18H20O9S.Na/c1-8-4-5-11-10(3)18(21)27-16(11)15-13(6-12(19)14(8)15)26-17(20)9(2)7-25-28(22,23)24;/h6,9,11,15-16H,3-5,7H2,1-2H3,(H,22,23,24);/q;+1/p-1/t9-,11-,15-,16-;/m0./s1. The second-order valence-electron chi connectivity index (χ2n) is 7.14. The van der Waals surface area contributed by atoms with Crippen molar-refractivity contribution in [1.82, 2.24) is 0 Å². The largest absolute Gasteiger partial charge is 1.00 e. The Morgan fingerprint density at radius 3 is 2.69 bits per heavy atom. The van der Waals surface area contributed by atoms with Crippen LogP contribution in [0.5, 0.6) is 0 Å². The zero-order chi connectivity index (χ0) is 20.8. The predicted octanol–water partition coefficient (Wildman–Crippen LogP) is -2.06. The van der Waals surface area contributed by atoms with E-state index in [1.807, 2.05) is 0 Å². The van der Waals surface area contributed by atoms with E-state index in [-0.39, 0.29) is 47.0 Å². The van der Waals surface area contributed by atoms with Crippen LogP contribution in [0, 0.1) is 17.8 Å². The molecule has 3 rings (SSSR count). The van der Waals surface area contributed by atoms with Crippen LogP contribution in [-0.2, 0) is 38.4 Å². The molecule has 152 valence electrons. The summed E-state index contributed by atoms with van der Waals surface area (Å²) in [6, 6.07) is 0. The third-order valence-electron chi connectivity index (χ3n) is 5.21. The molecule has 0 unspecified atom stereocenters. The van der Waals surface area contributed by atoms with Crippen molar-refractivity contribution in [3.8, 4) is 0 Å². The molecule has 0 aromatic heterocycles. The number of carbonyl (C=O) groups excluding carboxylic acids is 3. The minimum Gasteiger partial charge on any atom is -0.726 e. The van der Waals surface area contributed by atoms with Gasteiger partial charge in [-0.2, -0.15) is 0 Å². The van der Waals surface area contributed by atoms with Gasteiger partial charge in [-0.3, -0.25) is 13.8 Å². The minimum absolute atomic E-state index is 0. The third kappa shape index (κ3) is 4.89. The Morgan fingerprint density at radius 2 is 2.07 bits per heavy atom. The van der Waals surface area contributed by atoms with Crippen molar-refractivity contribution in [2.24, 2.45) is 17.8 Å². The number of hydrogen-bond donors (Lipinski definition) is 0. The summed E-state index contributed by atoms with van der Waals surface area (Å²) in [4.78, 5) is 36.8. The van der Waals surface area contributed by atoms with Gasteiger partial charge in [0.05, 0.1) is 18.4 Å². The van der Waals surface area contributed by atoms with E-state index in [1.165, 1.54) is 13.0 Å². The Balaban J connectivity index is 0.00000300. The van der Waals surface area contributed by atoms with Gasteiger partial charge >= 0.3 is 41.5 Å². The van der Waals surface area contributed by atoms with Crippen LogP contribution in [0.15, 0.2) is 35.1 Å². The van der Waals surface area contributed by atoms with Crippen molar-refractivity contribution in [2.75, 3.05) is 6.61 Å². The summed E-state index contributed by atoms with van der Waals surface area (Å²) >= 11 is 0. The SMILES string of the molecule is C=C1C(=O)O[C@@H]2[C@H]3C(OC(=O)[C@@H](C)COS(=O)(=O)[O-])=CC(=O)C3=C(C)CC[C@@H]12.[Na+]. The molecule has 2 aliphatic carbocycles. The molecule has 0 N–H and O–H groups in total. The summed E-state index contributed by atoms with van der Waals surface area (Å²) in [5.41, 5.74) is 1.58. The summed E-state index contributed by atoms with van der Waals surface area (Å²) in [6.07, 6.45) is 1.64. The van der Waals surface area contributed by atoms with Crippen molar-refractivity contribution < 1.29 is 70.6 Å². The minimum atomic E-state index is -4.95. The van der Waals surface area contributed by atoms with E-state index in [0.717, 1.165) is 5.57 Å². The van der Waals surface area contributed by atoms with Gasteiger partial charge in [-0.05, 0) is 26.7 Å². The van der Waals surface area contributed by atoms with E-state index >= 15 is 0 Å². The molecule has 0 spiro atoms. The number of ketones is 1. The second-order valence-corrected chi connectivity index (χ2v) is 8.19. The fourth-order valence-corrected chi connectivity index (χ4v) is 4.10. The van der Waals surface area contributed by atoms with Crippen LogP contribution in [-0.4, -0.2) is 43.4 Å². The molecule has 1 heterocycles. The van der Waals surface area contributed by atoms with E-state index in [9.17, 15) is 27.4 Å². The van der Waals surface area contributed by atoms with Crippen molar-refractivity contribution in [3.63, 3.8) is 0 Å². The van der Waals surface area contributed by atoms with Crippen LogP contribution >= 0.6 is 0 Å². The molecule has 11 heteroatoms. The Hall–Kier alpha value is -1.30. The first-order valence-electron chi connectivity index (χ1n) is 8.67. The van der Waals surface area contributed by atoms with E-state index in [2.05, 4.69) is 10.8 Å².